The Morgan fingerprint density at radius 3 is 2.38 bits per heavy atom. The van der Waals surface area contributed by atoms with Crippen molar-refractivity contribution < 1.29 is 24.5 Å². The van der Waals surface area contributed by atoms with Gasteiger partial charge in [0.2, 0.25) is 5.91 Å². The van der Waals surface area contributed by atoms with E-state index < -0.39 is 5.97 Å². The maximum absolute atomic E-state index is 12.5. The van der Waals surface area contributed by atoms with Crippen molar-refractivity contribution in [3.63, 3.8) is 0 Å². The maximum Gasteiger partial charge on any atom is 0.306 e. The molecule has 0 aromatic heterocycles. The van der Waals surface area contributed by atoms with Gasteiger partial charge in [-0.05, 0) is 32.1 Å². The molecule has 1 amide bonds. The lowest BCUT2D eigenvalue weighted by Gasteiger charge is -2.36. The van der Waals surface area contributed by atoms with Gasteiger partial charge in [-0.1, -0.05) is 6.42 Å². The van der Waals surface area contributed by atoms with Crippen molar-refractivity contribution >= 4 is 11.9 Å². The third kappa shape index (κ3) is 4.41. The highest BCUT2D eigenvalue weighted by atomic mass is 16.5. The number of aliphatic hydroxyl groups excluding tert-OH is 1. The van der Waals surface area contributed by atoms with E-state index in [4.69, 9.17) is 14.9 Å². The number of hydrogen-bond acceptors (Lipinski definition) is 4. The van der Waals surface area contributed by atoms with Crippen LogP contribution in [0, 0.1) is 11.8 Å². The van der Waals surface area contributed by atoms with Gasteiger partial charge in [0, 0.05) is 19.0 Å². The number of likely N-dealkylation sites (tertiary alicyclic amines) is 1. The molecule has 6 heteroatoms. The largest absolute Gasteiger partial charge is 0.481 e. The van der Waals surface area contributed by atoms with Crippen LogP contribution in [0.5, 0.6) is 0 Å². The Balaban J connectivity index is 1.80. The monoisotopic (exact) mass is 299 g/mol. The summed E-state index contributed by atoms with van der Waals surface area (Å²) in [6, 6.07) is 0. The molecular formula is C15H25NO5. The van der Waals surface area contributed by atoms with Gasteiger partial charge in [0.25, 0.3) is 0 Å². The quantitative estimate of drug-likeness (QED) is 0.787. The van der Waals surface area contributed by atoms with Crippen LogP contribution in [0.1, 0.15) is 38.5 Å². The SMILES string of the molecule is O=C(O)C1CCCC(C(=O)N2CCC(OCCO)CC2)C1. The first kappa shape index (κ1) is 16.2. The topological polar surface area (TPSA) is 87.1 Å². The number of carbonyl (C=O) groups is 2. The molecule has 2 atom stereocenters. The highest BCUT2D eigenvalue weighted by molar-refractivity contribution is 5.80. The zero-order valence-corrected chi connectivity index (χ0v) is 12.4. The number of carbonyl (C=O) groups excluding carboxylic acids is 1. The predicted molar refractivity (Wildman–Crippen MR) is 75.7 cm³/mol. The Morgan fingerprint density at radius 2 is 1.76 bits per heavy atom. The van der Waals surface area contributed by atoms with Gasteiger partial charge < -0.3 is 19.8 Å². The lowest BCUT2D eigenvalue weighted by Crippen LogP contribution is -2.45. The molecule has 1 aliphatic heterocycles. The lowest BCUT2D eigenvalue weighted by molar-refractivity contribution is -0.146. The van der Waals surface area contributed by atoms with E-state index in [1.54, 1.807) is 0 Å². The van der Waals surface area contributed by atoms with E-state index in [-0.39, 0.29) is 30.5 Å². The average Bonchev–Trinajstić information content (AvgIpc) is 2.53. The second-order valence-electron chi connectivity index (χ2n) is 6.02. The summed E-state index contributed by atoms with van der Waals surface area (Å²) < 4.78 is 5.49. The minimum absolute atomic E-state index is 0.0256. The number of aliphatic carboxylic acids is 1. The number of piperidine rings is 1. The summed E-state index contributed by atoms with van der Waals surface area (Å²) in [7, 11) is 0. The summed E-state index contributed by atoms with van der Waals surface area (Å²) >= 11 is 0. The third-order valence-electron chi connectivity index (χ3n) is 4.57. The van der Waals surface area contributed by atoms with Crippen molar-refractivity contribution in [2.75, 3.05) is 26.3 Å². The molecule has 0 aromatic carbocycles. The molecule has 2 unspecified atom stereocenters. The van der Waals surface area contributed by atoms with Gasteiger partial charge in [0.15, 0.2) is 0 Å². The smallest absolute Gasteiger partial charge is 0.306 e. The predicted octanol–water partition coefficient (Wildman–Crippen LogP) is 0.877. The molecule has 1 heterocycles. The van der Waals surface area contributed by atoms with Crippen LogP contribution >= 0.6 is 0 Å². The number of carboxylic acid groups (broad SMARTS) is 1. The fraction of sp³-hybridized carbons (Fsp3) is 0.867. The number of nitrogens with zero attached hydrogens (tertiary/aromatic N) is 1. The fourth-order valence-electron chi connectivity index (χ4n) is 3.36. The first-order valence-electron chi connectivity index (χ1n) is 7.86. The van der Waals surface area contributed by atoms with Crippen LogP contribution in [-0.4, -0.2) is 59.4 Å². The standard InChI is InChI=1S/C15H25NO5/c17-8-9-21-13-4-6-16(7-5-13)14(18)11-2-1-3-12(10-11)15(19)20/h11-13,17H,1-10H2,(H,19,20). The van der Waals surface area contributed by atoms with E-state index in [2.05, 4.69) is 0 Å². The summed E-state index contributed by atoms with van der Waals surface area (Å²) in [6.45, 7) is 1.71. The van der Waals surface area contributed by atoms with Crippen molar-refractivity contribution in [3.8, 4) is 0 Å². The molecule has 6 nitrogen and oxygen atoms in total. The number of carboxylic acids is 1. The van der Waals surface area contributed by atoms with Gasteiger partial charge in [-0.15, -0.1) is 0 Å². The summed E-state index contributed by atoms with van der Waals surface area (Å²) in [5.74, 6) is -1.15. The minimum atomic E-state index is -0.774. The molecule has 2 N–H and O–H groups in total. The van der Waals surface area contributed by atoms with Gasteiger partial charge in [-0.25, -0.2) is 0 Å². The molecule has 120 valence electrons. The molecule has 2 aliphatic rings. The number of rotatable bonds is 5. The Kier molecular flexibility index (Phi) is 5.99. The van der Waals surface area contributed by atoms with Crippen LogP contribution in [0.2, 0.25) is 0 Å². The van der Waals surface area contributed by atoms with E-state index in [0.717, 1.165) is 25.7 Å². The van der Waals surface area contributed by atoms with Gasteiger partial charge in [0.05, 0.1) is 25.2 Å². The van der Waals surface area contributed by atoms with Gasteiger partial charge in [-0.2, -0.15) is 0 Å². The van der Waals surface area contributed by atoms with Crippen molar-refractivity contribution in [3.05, 3.63) is 0 Å². The fourth-order valence-corrected chi connectivity index (χ4v) is 3.36. The molecular weight excluding hydrogens is 274 g/mol. The molecule has 1 aliphatic carbocycles. The van der Waals surface area contributed by atoms with Crippen molar-refractivity contribution in [2.24, 2.45) is 11.8 Å². The normalized spacial score (nSPS) is 27.6. The van der Waals surface area contributed by atoms with E-state index >= 15 is 0 Å². The highest BCUT2D eigenvalue weighted by Crippen LogP contribution is 2.31. The van der Waals surface area contributed by atoms with Crippen LogP contribution in [-0.2, 0) is 14.3 Å². The zero-order valence-electron chi connectivity index (χ0n) is 12.4. The molecule has 2 rings (SSSR count). The third-order valence-corrected chi connectivity index (χ3v) is 4.57. The van der Waals surface area contributed by atoms with Gasteiger partial charge in [0.1, 0.15) is 0 Å². The Morgan fingerprint density at radius 1 is 1.10 bits per heavy atom. The summed E-state index contributed by atoms with van der Waals surface area (Å²) in [5.41, 5.74) is 0. The maximum atomic E-state index is 12.5. The van der Waals surface area contributed by atoms with Crippen molar-refractivity contribution in [1.29, 1.82) is 0 Å². The molecule has 2 fully saturated rings. The van der Waals surface area contributed by atoms with Gasteiger partial charge >= 0.3 is 5.97 Å². The zero-order chi connectivity index (χ0) is 15.2. The number of ether oxygens (including phenoxy) is 1. The first-order valence-corrected chi connectivity index (χ1v) is 7.86. The van der Waals surface area contributed by atoms with E-state index in [0.29, 0.717) is 32.5 Å². The number of amides is 1. The van der Waals surface area contributed by atoms with Crippen LogP contribution in [0.3, 0.4) is 0 Å². The second kappa shape index (κ2) is 7.75. The Labute approximate surface area is 125 Å². The van der Waals surface area contributed by atoms with Crippen LogP contribution in [0.15, 0.2) is 0 Å². The molecule has 1 saturated carbocycles. The highest BCUT2D eigenvalue weighted by Gasteiger charge is 2.34. The molecule has 1 saturated heterocycles. The molecule has 0 aromatic rings. The van der Waals surface area contributed by atoms with Gasteiger partial charge in [-0.3, -0.25) is 9.59 Å². The van der Waals surface area contributed by atoms with Crippen LogP contribution in [0.25, 0.3) is 0 Å². The van der Waals surface area contributed by atoms with Crippen LogP contribution < -0.4 is 0 Å². The van der Waals surface area contributed by atoms with E-state index in [1.807, 2.05) is 4.90 Å². The molecule has 0 radical (unpaired) electrons. The lowest BCUT2D eigenvalue weighted by atomic mass is 9.80. The van der Waals surface area contributed by atoms with Crippen molar-refractivity contribution in [1.82, 2.24) is 4.90 Å². The molecule has 0 spiro atoms. The second-order valence-corrected chi connectivity index (χ2v) is 6.02. The Bertz CT molecular complexity index is 365. The molecule has 0 bridgehead atoms. The number of aliphatic hydroxyl groups is 1. The van der Waals surface area contributed by atoms with E-state index in [9.17, 15) is 9.59 Å². The number of hydrogen-bond donors (Lipinski definition) is 2. The average molecular weight is 299 g/mol. The van der Waals surface area contributed by atoms with Crippen molar-refractivity contribution in [2.45, 2.75) is 44.6 Å². The molecule has 21 heavy (non-hydrogen) atoms. The Hall–Kier alpha value is -1.14. The summed E-state index contributed by atoms with van der Waals surface area (Å²) in [4.78, 5) is 25.4. The summed E-state index contributed by atoms with van der Waals surface area (Å²) in [6.07, 6.45) is 4.51. The first-order chi connectivity index (χ1) is 10.1. The summed E-state index contributed by atoms with van der Waals surface area (Å²) in [5, 5.41) is 17.8. The van der Waals surface area contributed by atoms with E-state index in [1.165, 1.54) is 0 Å². The van der Waals surface area contributed by atoms with Crippen LogP contribution in [0.4, 0.5) is 0 Å². The minimum Gasteiger partial charge on any atom is -0.481 e.